The van der Waals surface area contributed by atoms with E-state index in [0.29, 0.717) is 0 Å². The molecule has 0 aliphatic carbocycles. The summed E-state index contributed by atoms with van der Waals surface area (Å²) >= 11 is 0. The zero-order valence-electron chi connectivity index (χ0n) is 5.24. The summed E-state index contributed by atoms with van der Waals surface area (Å²) in [5.74, 6) is -0.328. The van der Waals surface area contributed by atoms with Crippen LogP contribution in [0, 0.1) is 0 Å². The van der Waals surface area contributed by atoms with Crippen molar-refractivity contribution in [3.63, 3.8) is 0 Å². The maximum Gasteiger partial charge on any atom is 0.327 e. The molecule has 0 radical (unpaired) electrons. The Morgan fingerprint density at radius 1 is 1.80 bits per heavy atom. The largest absolute Gasteiger partial charge is 0.434 e. The van der Waals surface area contributed by atoms with Gasteiger partial charge in [-0.15, -0.1) is 0 Å². The number of carbonyl (C=O) groups excluding carboxylic acids is 1. The fourth-order valence-electron chi connectivity index (χ4n) is 0.475. The molecule has 4 heteroatoms. The second-order valence-corrected chi connectivity index (χ2v) is 1.61. The summed E-state index contributed by atoms with van der Waals surface area (Å²) in [6.07, 6.45) is 1.42. The second kappa shape index (κ2) is 3.03. The molecule has 10 heavy (non-hydrogen) atoms. The van der Waals surface area contributed by atoms with Crippen molar-refractivity contribution in [3.8, 4) is 5.95 Å². The minimum atomic E-state index is -0.505. The van der Waals surface area contributed by atoms with Crippen LogP contribution in [0.1, 0.15) is 0 Å². The van der Waals surface area contributed by atoms with Crippen LogP contribution in [0.15, 0.2) is 22.8 Å². The van der Waals surface area contributed by atoms with Crippen LogP contribution in [0.4, 0.5) is 0 Å². The second-order valence-electron chi connectivity index (χ2n) is 1.61. The summed E-state index contributed by atoms with van der Waals surface area (Å²) in [5.41, 5.74) is 4.97. The highest BCUT2D eigenvalue weighted by Gasteiger charge is 2.01. The van der Waals surface area contributed by atoms with Gasteiger partial charge in [-0.05, 0) is 6.07 Å². The first kappa shape index (κ1) is 6.82. The van der Waals surface area contributed by atoms with Gasteiger partial charge in [0.25, 0.3) is 5.95 Å². The lowest BCUT2D eigenvalue weighted by atomic mass is 10.6. The van der Waals surface area contributed by atoms with Crippen molar-refractivity contribution in [2.24, 2.45) is 5.73 Å². The Kier molecular flexibility index (Phi) is 2.07. The van der Waals surface area contributed by atoms with Gasteiger partial charge in [-0.25, -0.2) is 0 Å². The zero-order valence-corrected chi connectivity index (χ0v) is 5.24. The molecular formula is C6H7NO3. The molecule has 1 rings (SSSR count). The molecule has 0 fully saturated rings. The highest BCUT2D eigenvalue weighted by molar-refractivity contribution is 5.73. The molecule has 0 amide bonds. The van der Waals surface area contributed by atoms with E-state index in [9.17, 15) is 4.79 Å². The van der Waals surface area contributed by atoms with Crippen molar-refractivity contribution >= 4 is 5.97 Å². The summed E-state index contributed by atoms with van der Waals surface area (Å²) in [4.78, 5) is 10.5. The van der Waals surface area contributed by atoms with E-state index in [-0.39, 0.29) is 12.5 Å². The molecule has 54 valence electrons. The Morgan fingerprint density at radius 3 is 3.10 bits per heavy atom. The van der Waals surface area contributed by atoms with Gasteiger partial charge in [0.2, 0.25) is 0 Å². The van der Waals surface area contributed by atoms with Gasteiger partial charge in [0, 0.05) is 6.07 Å². The molecule has 4 nitrogen and oxygen atoms in total. The summed E-state index contributed by atoms with van der Waals surface area (Å²) in [6, 6.07) is 3.16. The Balaban J connectivity index is 2.48. The number of ether oxygens (including phenoxy) is 1. The lowest BCUT2D eigenvalue weighted by Crippen LogP contribution is -2.19. The molecule has 0 atom stereocenters. The number of rotatable bonds is 2. The van der Waals surface area contributed by atoms with E-state index >= 15 is 0 Å². The molecule has 1 aromatic rings. The van der Waals surface area contributed by atoms with Gasteiger partial charge in [0.15, 0.2) is 0 Å². The van der Waals surface area contributed by atoms with Crippen LogP contribution in [0.2, 0.25) is 0 Å². The first-order valence-electron chi connectivity index (χ1n) is 2.77. The van der Waals surface area contributed by atoms with Crippen molar-refractivity contribution in [3.05, 3.63) is 18.4 Å². The molecular weight excluding hydrogens is 134 g/mol. The Bertz CT molecular complexity index is 205. The fourth-order valence-corrected chi connectivity index (χ4v) is 0.475. The number of furan rings is 1. The van der Waals surface area contributed by atoms with Crippen molar-refractivity contribution in [2.45, 2.75) is 0 Å². The third-order valence-electron chi connectivity index (χ3n) is 0.876. The van der Waals surface area contributed by atoms with Crippen LogP contribution in [0.25, 0.3) is 0 Å². The lowest BCUT2D eigenvalue weighted by Gasteiger charge is -1.94. The molecule has 0 aromatic carbocycles. The summed E-state index contributed by atoms with van der Waals surface area (Å²) in [5, 5.41) is 0. The molecule has 0 unspecified atom stereocenters. The highest BCUT2D eigenvalue weighted by atomic mass is 16.6. The third kappa shape index (κ3) is 1.60. The molecule has 0 saturated heterocycles. The third-order valence-corrected chi connectivity index (χ3v) is 0.876. The van der Waals surface area contributed by atoms with Gasteiger partial charge in [-0.1, -0.05) is 0 Å². The van der Waals surface area contributed by atoms with Gasteiger partial charge < -0.3 is 14.9 Å². The van der Waals surface area contributed by atoms with Gasteiger partial charge in [0.05, 0.1) is 12.8 Å². The van der Waals surface area contributed by atoms with Gasteiger partial charge in [-0.3, -0.25) is 4.79 Å². The fraction of sp³-hybridized carbons (Fsp3) is 0.167. The SMILES string of the molecule is NCC(=O)Oc1ccco1. The van der Waals surface area contributed by atoms with E-state index in [1.807, 2.05) is 0 Å². The van der Waals surface area contributed by atoms with Crippen molar-refractivity contribution in [1.82, 2.24) is 0 Å². The quantitative estimate of drug-likeness (QED) is 0.595. The van der Waals surface area contributed by atoms with Crippen LogP contribution in [0.5, 0.6) is 5.95 Å². The van der Waals surface area contributed by atoms with E-state index in [1.165, 1.54) is 12.3 Å². The average Bonchev–Trinajstić information content (AvgIpc) is 2.40. The predicted molar refractivity (Wildman–Crippen MR) is 33.4 cm³/mol. The highest BCUT2D eigenvalue weighted by Crippen LogP contribution is 2.09. The van der Waals surface area contributed by atoms with E-state index in [0.717, 1.165) is 0 Å². The number of nitrogens with two attached hydrogens (primary N) is 1. The first-order valence-corrected chi connectivity index (χ1v) is 2.77. The summed E-state index contributed by atoms with van der Waals surface area (Å²) in [7, 11) is 0. The molecule has 0 aliphatic heterocycles. The maximum atomic E-state index is 10.5. The Hall–Kier alpha value is -1.29. The monoisotopic (exact) mass is 141 g/mol. The smallest absolute Gasteiger partial charge is 0.327 e. The Labute approximate surface area is 57.6 Å². The number of hydrogen-bond donors (Lipinski definition) is 1. The predicted octanol–water partition coefficient (Wildman–Crippen LogP) is 0.144. The van der Waals surface area contributed by atoms with E-state index in [4.69, 9.17) is 10.2 Å². The summed E-state index contributed by atoms with van der Waals surface area (Å²) in [6.45, 7) is -0.138. The lowest BCUT2D eigenvalue weighted by molar-refractivity contribution is -0.133. The molecule has 0 aliphatic rings. The van der Waals surface area contributed by atoms with Gasteiger partial charge in [-0.2, -0.15) is 0 Å². The van der Waals surface area contributed by atoms with Gasteiger partial charge in [0.1, 0.15) is 0 Å². The van der Waals surface area contributed by atoms with Crippen LogP contribution < -0.4 is 10.5 Å². The van der Waals surface area contributed by atoms with Crippen LogP contribution in [-0.2, 0) is 4.79 Å². The molecule has 0 saturated carbocycles. The summed E-state index contributed by atoms with van der Waals surface area (Å²) < 4.78 is 9.28. The standard InChI is InChI=1S/C6H7NO3/c7-4-5(8)10-6-2-1-3-9-6/h1-3H,4,7H2. The topological polar surface area (TPSA) is 65.5 Å². The van der Waals surface area contributed by atoms with Crippen LogP contribution in [0.3, 0.4) is 0 Å². The Morgan fingerprint density at radius 2 is 2.60 bits per heavy atom. The van der Waals surface area contributed by atoms with Crippen LogP contribution >= 0.6 is 0 Å². The molecule has 1 heterocycles. The van der Waals surface area contributed by atoms with E-state index in [2.05, 4.69) is 4.74 Å². The van der Waals surface area contributed by atoms with Crippen molar-refractivity contribution in [2.75, 3.05) is 6.54 Å². The molecule has 2 N–H and O–H groups in total. The van der Waals surface area contributed by atoms with Gasteiger partial charge >= 0.3 is 5.97 Å². The van der Waals surface area contributed by atoms with Crippen molar-refractivity contribution < 1.29 is 13.9 Å². The van der Waals surface area contributed by atoms with E-state index < -0.39 is 5.97 Å². The van der Waals surface area contributed by atoms with Crippen molar-refractivity contribution in [1.29, 1.82) is 0 Å². The first-order chi connectivity index (χ1) is 4.83. The molecule has 0 bridgehead atoms. The molecule has 0 spiro atoms. The average molecular weight is 141 g/mol. The molecule has 1 aromatic heterocycles. The maximum absolute atomic E-state index is 10.5. The minimum absolute atomic E-state index is 0.138. The zero-order chi connectivity index (χ0) is 7.40. The number of esters is 1. The number of carbonyl (C=O) groups is 1. The minimum Gasteiger partial charge on any atom is -0.434 e. The normalized spacial score (nSPS) is 9.30. The van der Waals surface area contributed by atoms with E-state index in [1.54, 1.807) is 6.07 Å². The number of hydrogen-bond acceptors (Lipinski definition) is 4. The van der Waals surface area contributed by atoms with Crippen LogP contribution in [-0.4, -0.2) is 12.5 Å².